The molecule has 6 rings (SSSR count). The Morgan fingerprint density at radius 2 is 1.80 bits per heavy atom. The summed E-state index contributed by atoms with van der Waals surface area (Å²) in [7, 11) is 0. The van der Waals surface area contributed by atoms with E-state index in [9.17, 15) is 4.79 Å². The molecule has 0 N–H and O–H groups in total. The molecule has 0 atom stereocenters. The third kappa shape index (κ3) is 3.80. The summed E-state index contributed by atoms with van der Waals surface area (Å²) >= 11 is 3.50. The number of nitrogens with zero attached hydrogens (tertiary/aromatic N) is 4. The van der Waals surface area contributed by atoms with Gasteiger partial charge in [0.1, 0.15) is 5.58 Å². The highest BCUT2D eigenvalue weighted by molar-refractivity contribution is 9.10. The average Bonchev–Trinajstić information content (AvgIpc) is 3.50. The normalized spacial score (nSPS) is 11.7. The van der Waals surface area contributed by atoms with Crippen LogP contribution in [0.4, 0.5) is 0 Å². The minimum Gasteiger partial charge on any atom is -0.453 e. The molecule has 0 bridgehead atoms. The number of fused-ring (bicyclic) bond motifs is 2. The Labute approximate surface area is 208 Å². The molecule has 170 valence electrons. The van der Waals surface area contributed by atoms with Crippen molar-refractivity contribution >= 4 is 44.0 Å². The fraction of sp³-hybridized carbons (Fsp3) is 0.0357. The molecule has 0 aliphatic carbocycles. The summed E-state index contributed by atoms with van der Waals surface area (Å²) < 4.78 is 10.4. The number of benzene rings is 3. The van der Waals surface area contributed by atoms with Crippen molar-refractivity contribution in [1.82, 2.24) is 14.2 Å². The Morgan fingerprint density at radius 1 is 0.971 bits per heavy atom. The molecule has 0 aliphatic rings. The van der Waals surface area contributed by atoms with Gasteiger partial charge >= 0.3 is 0 Å². The highest BCUT2D eigenvalue weighted by Crippen LogP contribution is 2.29. The second-order valence-electron chi connectivity index (χ2n) is 8.20. The van der Waals surface area contributed by atoms with Crippen LogP contribution < -0.4 is 5.56 Å². The first kappa shape index (κ1) is 21.3. The number of halogens is 1. The van der Waals surface area contributed by atoms with E-state index in [-0.39, 0.29) is 5.56 Å². The fourth-order valence-electron chi connectivity index (χ4n) is 4.18. The third-order valence-electron chi connectivity index (χ3n) is 5.91. The lowest BCUT2D eigenvalue weighted by molar-refractivity contribution is 0.616. The summed E-state index contributed by atoms with van der Waals surface area (Å²) in [5.74, 6) is 0.804. The topological polar surface area (TPSA) is 65.3 Å². The van der Waals surface area contributed by atoms with Gasteiger partial charge in [0, 0.05) is 21.7 Å². The maximum absolute atomic E-state index is 13.5. The van der Waals surface area contributed by atoms with Gasteiger partial charge in [-0.25, -0.2) is 4.98 Å². The minimum absolute atomic E-state index is 0.266. The van der Waals surface area contributed by atoms with Gasteiger partial charge in [0.05, 0.1) is 22.8 Å². The van der Waals surface area contributed by atoms with E-state index in [0.717, 1.165) is 26.8 Å². The lowest BCUT2D eigenvalue weighted by atomic mass is 10.2. The van der Waals surface area contributed by atoms with Crippen LogP contribution in [0.5, 0.6) is 0 Å². The van der Waals surface area contributed by atoms with Crippen LogP contribution in [0.2, 0.25) is 0 Å². The van der Waals surface area contributed by atoms with Gasteiger partial charge in [-0.05, 0) is 67.1 Å². The van der Waals surface area contributed by atoms with E-state index in [0.29, 0.717) is 28.1 Å². The molecule has 0 saturated carbocycles. The number of para-hydroxylation sites is 2. The fourth-order valence-corrected chi connectivity index (χ4v) is 4.56. The molecule has 3 heterocycles. The third-order valence-corrected chi connectivity index (χ3v) is 6.41. The minimum atomic E-state index is -0.266. The first-order valence-corrected chi connectivity index (χ1v) is 11.9. The van der Waals surface area contributed by atoms with E-state index in [1.807, 2.05) is 83.6 Å². The molecule has 7 heteroatoms. The predicted molar refractivity (Wildman–Crippen MR) is 142 cm³/mol. The second-order valence-corrected chi connectivity index (χ2v) is 9.11. The first-order chi connectivity index (χ1) is 17.1. The van der Waals surface area contributed by atoms with E-state index in [2.05, 4.69) is 34.0 Å². The molecule has 0 aliphatic heterocycles. The zero-order valence-corrected chi connectivity index (χ0v) is 20.3. The highest BCUT2D eigenvalue weighted by atomic mass is 79.9. The largest absolute Gasteiger partial charge is 0.453 e. The summed E-state index contributed by atoms with van der Waals surface area (Å²) in [6.45, 7) is 2.06. The molecule has 6 aromatic rings. The molecule has 35 heavy (non-hydrogen) atoms. The Hall–Kier alpha value is -4.23. The van der Waals surface area contributed by atoms with Gasteiger partial charge in [0.2, 0.25) is 5.82 Å². The van der Waals surface area contributed by atoms with Gasteiger partial charge in [-0.15, -0.1) is 0 Å². The van der Waals surface area contributed by atoms with Crippen molar-refractivity contribution in [3.8, 4) is 17.3 Å². The van der Waals surface area contributed by atoms with Crippen LogP contribution in [0.3, 0.4) is 0 Å². The van der Waals surface area contributed by atoms with E-state index in [1.54, 1.807) is 12.3 Å². The molecule has 0 spiro atoms. The van der Waals surface area contributed by atoms with Crippen molar-refractivity contribution in [1.29, 1.82) is 0 Å². The van der Waals surface area contributed by atoms with Crippen molar-refractivity contribution in [3.63, 3.8) is 0 Å². The van der Waals surface area contributed by atoms with Gasteiger partial charge in [-0.3, -0.25) is 4.79 Å². The molecule has 0 amide bonds. The predicted octanol–water partition coefficient (Wildman–Crippen LogP) is 6.55. The maximum atomic E-state index is 13.5. The molecule has 0 fully saturated rings. The van der Waals surface area contributed by atoms with Crippen molar-refractivity contribution in [3.05, 3.63) is 117 Å². The lowest BCUT2D eigenvalue weighted by Crippen LogP contribution is -2.20. The summed E-state index contributed by atoms with van der Waals surface area (Å²) in [4.78, 5) is 18.3. The number of aromatic nitrogens is 3. The Kier molecular flexibility index (Phi) is 5.19. The van der Waals surface area contributed by atoms with Gasteiger partial charge in [0.25, 0.3) is 5.56 Å². The molecule has 3 aromatic heterocycles. The zero-order valence-electron chi connectivity index (χ0n) is 18.7. The zero-order chi connectivity index (χ0) is 23.9. The number of hydrogen-bond donors (Lipinski definition) is 0. The van der Waals surface area contributed by atoms with Gasteiger partial charge in [-0.1, -0.05) is 46.3 Å². The number of hydrogen-bond acceptors (Lipinski definition) is 4. The Bertz CT molecular complexity index is 1810. The van der Waals surface area contributed by atoms with Crippen LogP contribution in [0, 0.1) is 6.92 Å². The standard InChI is InChI=1S/C28H19BrN4O2/c1-18-7-2-5-11-24(18)32-14-6-8-21(32)17-30-33-27(31-23-10-4-3-9-22(23)28(33)34)26-16-19-15-20(29)12-13-25(19)35-26/h2-17H,1H3. The quantitative estimate of drug-likeness (QED) is 0.246. The summed E-state index contributed by atoms with van der Waals surface area (Å²) in [6, 6.07) is 26.9. The van der Waals surface area contributed by atoms with Crippen LogP contribution in [0.1, 0.15) is 11.3 Å². The van der Waals surface area contributed by atoms with Crippen LogP contribution in [-0.2, 0) is 0 Å². The SMILES string of the molecule is Cc1ccccc1-n1cccc1C=Nn1c(-c2cc3cc(Br)ccc3o2)nc2ccccc2c1=O. The van der Waals surface area contributed by atoms with Crippen molar-refractivity contribution < 1.29 is 4.42 Å². The number of aryl methyl sites for hydroxylation is 1. The number of furan rings is 1. The second kappa shape index (κ2) is 8.52. The first-order valence-electron chi connectivity index (χ1n) is 11.1. The molecular weight excluding hydrogens is 504 g/mol. The van der Waals surface area contributed by atoms with E-state index in [4.69, 9.17) is 9.40 Å². The van der Waals surface area contributed by atoms with Crippen molar-refractivity contribution in [2.24, 2.45) is 5.10 Å². The Balaban J connectivity index is 1.54. The van der Waals surface area contributed by atoms with Crippen molar-refractivity contribution in [2.75, 3.05) is 0 Å². The van der Waals surface area contributed by atoms with Gasteiger partial charge < -0.3 is 8.98 Å². The molecule has 3 aromatic carbocycles. The monoisotopic (exact) mass is 522 g/mol. The van der Waals surface area contributed by atoms with E-state index in [1.165, 1.54) is 4.68 Å². The molecular formula is C28H19BrN4O2. The molecule has 6 nitrogen and oxygen atoms in total. The van der Waals surface area contributed by atoms with Crippen LogP contribution in [0.15, 0.2) is 110 Å². The van der Waals surface area contributed by atoms with Gasteiger partial charge in [-0.2, -0.15) is 9.78 Å². The van der Waals surface area contributed by atoms with Gasteiger partial charge in [0.15, 0.2) is 5.76 Å². The lowest BCUT2D eigenvalue weighted by Gasteiger charge is -2.10. The smallest absolute Gasteiger partial charge is 0.282 e. The van der Waals surface area contributed by atoms with Crippen LogP contribution in [0.25, 0.3) is 39.1 Å². The molecule has 0 saturated heterocycles. The van der Waals surface area contributed by atoms with Crippen LogP contribution in [-0.4, -0.2) is 20.4 Å². The molecule has 0 unspecified atom stereocenters. The highest BCUT2D eigenvalue weighted by Gasteiger charge is 2.17. The van der Waals surface area contributed by atoms with Crippen LogP contribution >= 0.6 is 15.9 Å². The summed E-state index contributed by atoms with van der Waals surface area (Å²) in [6.07, 6.45) is 3.65. The van der Waals surface area contributed by atoms with E-state index < -0.39 is 0 Å². The van der Waals surface area contributed by atoms with Crippen molar-refractivity contribution in [2.45, 2.75) is 6.92 Å². The molecule has 0 radical (unpaired) electrons. The summed E-state index contributed by atoms with van der Waals surface area (Å²) in [5, 5.41) is 6.00. The summed E-state index contributed by atoms with van der Waals surface area (Å²) in [5.41, 5.74) is 4.04. The van der Waals surface area contributed by atoms with E-state index >= 15 is 0 Å². The Morgan fingerprint density at radius 3 is 2.69 bits per heavy atom. The maximum Gasteiger partial charge on any atom is 0.282 e. The number of rotatable bonds is 4. The average molecular weight is 523 g/mol.